The molecule has 2 aliphatic rings. The molecule has 1 aliphatic heterocycles. The maximum Gasteiger partial charge on any atom is 0.255 e. The van der Waals surface area contributed by atoms with Crippen molar-refractivity contribution in [1.29, 1.82) is 0 Å². The highest BCUT2D eigenvalue weighted by atomic mass is 32.1. The first kappa shape index (κ1) is 17.1. The fourth-order valence-corrected chi connectivity index (χ4v) is 3.84. The number of carbonyl (C=O) groups is 1. The normalized spacial score (nSPS) is 12.1. The third-order valence-electron chi connectivity index (χ3n) is 4.36. The van der Waals surface area contributed by atoms with Crippen LogP contribution in [0.15, 0.2) is 64.8 Å². The van der Waals surface area contributed by atoms with Crippen molar-refractivity contribution in [1.82, 2.24) is 10.3 Å². The lowest BCUT2D eigenvalue weighted by molar-refractivity contribution is 0.0938. The molecular formula is C20H18N4O2S. The average Bonchev–Trinajstić information content (AvgIpc) is 3.30. The fraction of sp³-hybridized carbons (Fsp3) is 0.100. The minimum Gasteiger partial charge on any atom is -0.472 e. The number of thiophene rings is 1. The van der Waals surface area contributed by atoms with Crippen molar-refractivity contribution in [3.63, 3.8) is 0 Å². The van der Waals surface area contributed by atoms with Crippen molar-refractivity contribution in [3.05, 3.63) is 76.4 Å². The van der Waals surface area contributed by atoms with Crippen molar-refractivity contribution in [2.24, 2.45) is 0 Å². The van der Waals surface area contributed by atoms with Gasteiger partial charge in [-0.05, 0) is 53.3 Å². The molecule has 3 heterocycles. The van der Waals surface area contributed by atoms with E-state index < -0.39 is 0 Å². The predicted molar refractivity (Wildman–Crippen MR) is 107 cm³/mol. The van der Waals surface area contributed by atoms with Gasteiger partial charge in [-0.1, -0.05) is 12.1 Å². The molecule has 0 fully saturated rings. The Hall–Kier alpha value is -3.32. The van der Waals surface area contributed by atoms with E-state index in [9.17, 15) is 4.79 Å². The van der Waals surface area contributed by atoms with Crippen LogP contribution in [-0.4, -0.2) is 10.9 Å². The van der Waals surface area contributed by atoms with Crippen molar-refractivity contribution in [2.75, 3.05) is 11.5 Å². The van der Waals surface area contributed by atoms with Gasteiger partial charge in [-0.2, -0.15) is 0 Å². The van der Waals surface area contributed by atoms with Crippen molar-refractivity contribution >= 4 is 28.9 Å². The molecule has 136 valence electrons. The van der Waals surface area contributed by atoms with Crippen molar-refractivity contribution in [3.8, 4) is 11.1 Å². The minimum atomic E-state index is -0.274. The average molecular weight is 378 g/mol. The maximum atomic E-state index is 12.8. The third-order valence-corrected chi connectivity index (χ3v) is 5.34. The summed E-state index contributed by atoms with van der Waals surface area (Å²) in [5.74, 6) is 0.135. The standard InChI is InChI=1S/C20H18N4O2S/c21-18-4-3-15(19(22)24-18)20(25)23-16(17-2-1-7-27-17)10-12-8-13-5-6-26-11-14(13)9-12/h1-9,11,16H,10H2,(H,23,25)(H4,21,22,24). The highest BCUT2D eigenvalue weighted by Gasteiger charge is 2.20. The number of pyridine rings is 1. The van der Waals surface area contributed by atoms with E-state index in [1.807, 2.05) is 23.6 Å². The van der Waals surface area contributed by atoms with E-state index in [-0.39, 0.29) is 23.6 Å². The lowest BCUT2D eigenvalue weighted by Gasteiger charge is -2.18. The Morgan fingerprint density at radius 1 is 1.19 bits per heavy atom. The van der Waals surface area contributed by atoms with Crippen LogP contribution in [0.4, 0.5) is 11.6 Å². The number of nitrogens with two attached hydrogens (primary N) is 2. The Kier molecular flexibility index (Phi) is 4.52. The van der Waals surface area contributed by atoms with Gasteiger partial charge in [-0.25, -0.2) is 4.98 Å². The fourth-order valence-electron chi connectivity index (χ4n) is 3.06. The molecule has 2 aromatic heterocycles. The lowest BCUT2D eigenvalue weighted by Crippen LogP contribution is -2.30. The number of aromatic nitrogens is 1. The summed E-state index contributed by atoms with van der Waals surface area (Å²) in [5, 5.41) is 5.07. The second-order valence-corrected chi connectivity index (χ2v) is 7.22. The summed E-state index contributed by atoms with van der Waals surface area (Å²) in [6.07, 6.45) is 4.03. The van der Waals surface area contributed by atoms with Crippen LogP contribution in [-0.2, 0) is 6.42 Å². The third kappa shape index (κ3) is 3.63. The quantitative estimate of drug-likeness (QED) is 0.491. The van der Waals surface area contributed by atoms with Gasteiger partial charge < -0.3 is 21.2 Å². The Balaban J connectivity index is 1.60. The zero-order chi connectivity index (χ0) is 18.8. The maximum absolute atomic E-state index is 12.8. The number of nitrogens with zero attached hydrogens (tertiary/aromatic N) is 1. The zero-order valence-corrected chi connectivity index (χ0v) is 15.2. The number of hydrogen-bond donors (Lipinski definition) is 3. The van der Waals surface area contributed by atoms with Crippen LogP contribution in [0, 0.1) is 0 Å². The summed E-state index contributed by atoms with van der Waals surface area (Å²) >= 11 is 1.60. The highest BCUT2D eigenvalue weighted by molar-refractivity contribution is 7.10. The number of nitrogen functional groups attached to an aromatic ring is 2. The highest BCUT2D eigenvalue weighted by Crippen LogP contribution is 2.30. The van der Waals surface area contributed by atoms with Gasteiger partial charge >= 0.3 is 0 Å². The molecule has 7 heteroatoms. The van der Waals surface area contributed by atoms with Crippen LogP contribution in [0.3, 0.4) is 0 Å². The molecule has 6 nitrogen and oxygen atoms in total. The minimum absolute atomic E-state index is 0.123. The number of nitrogens with one attached hydrogen (secondary N) is 1. The van der Waals surface area contributed by atoms with E-state index in [4.69, 9.17) is 15.9 Å². The molecule has 1 atom stereocenters. The van der Waals surface area contributed by atoms with E-state index in [2.05, 4.69) is 22.4 Å². The van der Waals surface area contributed by atoms with Gasteiger partial charge in [0.05, 0.1) is 24.1 Å². The summed E-state index contributed by atoms with van der Waals surface area (Å²) in [6.45, 7) is 0. The van der Waals surface area contributed by atoms with Crippen molar-refractivity contribution in [2.45, 2.75) is 12.5 Å². The molecule has 0 saturated heterocycles. The molecule has 2 aromatic rings. The summed E-state index contributed by atoms with van der Waals surface area (Å²) in [6, 6.07) is 13.1. The predicted octanol–water partition coefficient (Wildman–Crippen LogP) is 3.72. The summed E-state index contributed by atoms with van der Waals surface area (Å²) in [5.41, 5.74) is 15.1. The molecule has 0 saturated carbocycles. The lowest BCUT2D eigenvalue weighted by atomic mass is 10.1. The van der Waals surface area contributed by atoms with Crippen LogP contribution >= 0.6 is 11.3 Å². The number of anilines is 2. The smallest absolute Gasteiger partial charge is 0.255 e. The van der Waals surface area contributed by atoms with Gasteiger partial charge in [0.25, 0.3) is 5.91 Å². The molecule has 0 radical (unpaired) electrons. The SMILES string of the molecule is Nc1ccc(C(=O)NC(Cc2cc3ccocc-3c2)c2cccs2)c(N)n1. The van der Waals surface area contributed by atoms with E-state index in [1.165, 1.54) is 0 Å². The van der Waals surface area contributed by atoms with E-state index >= 15 is 0 Å². The molecular weight excluding hydrogens is 360 g/mol. The Morgan fingerprint density at radius 3 is 2.78 bits per heavy atom. The molecule has 1 aliphatic carbocycles. The summed E-state index contributed by atoms with van der Waals surface area (Å²) < 4.78 is 5.23. The van der Waals surface area contributed by atoms with Gasteiger partial charge in [-0.3, -0.25) is 4.79 Å². The number of amides is 1. The van der Waals surface area contributed by atoms with Gasteiger partial charge in [0, 0.05) is 10.4 Å². The number of carbonyl (C=O) groups excluding carboxylic acids is 1. The first-order valence-electron chi connectivity index (χ1n) is 8.41. The van der Waals surface area contributed by atoms with Gasteiger partial charge in [0.1, 0.15) is 11.6 Å². The first-order chi connectivity index (χ1) is 13.1. The second-order valence-electron chi connectivity index (χ2n) is 6.25. The monoisotopic (exact) mass is 378 g/mol. The second kappa shape index (κ2) is 7.13. The Morgan fingerprint density at radius 2 is 2.04 bits per heavy atom. The molecule has 1 unspecified atom stereocenters. The Labute approximate surface area is 160 Å². The van der Waals surface area contributed by atoms with Crippen LogP contribution in [0.2, 0.25) is 0 Å². The molecule has 27 heavy (non-hydrogen) atoms. The largest absolute Gasteiger partial charge is 0.472 e. The molecule has 1 amide bonds. The first-order valence-corrected chi connectivity index (χ1v) is 9.29. The molecule has 0 aromatic carbocycles. The van der Waals surface area contributed by atoms with E-state index in [0.29, 0.717) is 12.0 Å². The van der Waals surface area contributed by atoms with Gasteiger partial charge in [0.2, 0.25) is 0 Å². The zero-order valence-electron chi connectivity index (χ0n) is 14.4. The topological polar surface area (TPSA) is 107 Å². The summed E-state index contributed by atoms with van der Waals surface area (Å²) in [4.78, 5) is 17.8. The van der Waals surface area contributed by atoms with E-state index in [1.54, 1.807) is 36.0 Å². The molecule has 0 spiro atoms. The van der Waals surface area contributed by atoms with Crippen LogP contribution in [0.1, 0.15) is 26.8 Å². The summed E-state index contributed by atoms with van der Waals surface area (Å²) in [7, 11) is 0. The molecule has 5 N–H and O–H groups in total. The number of rotatable bonds is 5. The van der Waals surface area contributed by atoms with Gasteiger partial charge in [-0.15, -0.1) is 11.3 Å². The number of hydrogen-bond acceptors (Lipinski definition) is 6. The van der Waals surface area contributed by atoms with Crippen molar-refractivity contribution < 1.29 is 9.21 Å². The molecule has 0 bridgehead atoms. The Bertz CT molecular complexity index is 1010. The van der Waals surface area contributed by atoms with Crippen LogP contribution in [0.5, 0.6) is 0 Å². The van der Waals surface area contributed by atoms with E-state index in [0.717, 1.165) is 21.6 Å². The van der Waals surface area contributed by atoms with Gasteiger partial charge in [0.15, 0.2) is 0 Å². The van der Waals surface area contributed by atoms with Crippen LogP contribution < -0.4 is 16.8 Å². The van der Waals surface area contributed by atoms with Crippen LogP contribution in [0.25, 0.3) is 11.1 Å². The molecule has 4 rings (SSSR count). The number of fused-ring (bicyclic) bond motifs is 1.